The van der Waals surface area contributed by atoms with E-state index in [1.54, 1.807) is 0 Å². The number of aliphatic hydroxyl groups is 8. The van der Waals surface area contributed by atoms with Gasteiger partial charge in [-0.3, -0.25) is 9.59 Å². The van der Waals surface area contributed by atoms with E-state index in [9.17, 15) is 55.5 Å². The average molecular weight is 825 g/mol. The Bertz CT molecular complexity index is 1610. The summed E-state index contributed by atoms with van der Waals surface area (Å²) < 4.78 is 23.4. The first-order chi connectivity index (χ1) is 27.1. The molecule has 0 spiro atoms. The minimum Gasteiger partial charge on any atom is -0.481 e. The topological polar surface area (TPSA) is 253 Å². The summed E-state index contributed by atoms with van der Waals surface area (Å²) in [5.41, 5.74) is -2.78. The number of hydrogen-bond acceptors (Lipinski definition) is 14. The molecule has 1 saturated heterocycles. The van der Waals surface area contributed by atoms with Crippen LogP contribution in [0.4, 0.5) is 0 Å². The molecule has 0 aromatic heterocycles. The van der Waals surface area contributed by atoms with Gasteiger partial charge in [0.05, 0.1) is 55.6 Å². The number of esters is 1. The van der Waals surface area contributed by atoms with Crippen LogP contribution in [-0.4, -0.2) is 146 Å². The van der Waals surface area contributed by atoms with Gasteiger partial charge in [-0.15, -0.1) is 0 Å². The van der Waals surface area contributed by atoms with E-state index in [4.69, 9.17) is 18.9 Å². The van der Waals surface area contributed by atoms with Gasteiger partial charge in [0.1, 0.15) is 30.5 Å². The molecule has 58 heavy (non-hydrogen) atoms. The van der Waals surface area contributed by atoms with E-state index < -0.39 is 101 Å². The van der Waals surface area contributed by atoms with Crippen molar-refractivity contribution in [3.8, 4) is 0 Å². The summed E-state index contributed by atoms with van der Waals surface area (Å²) >= 11 is 0. The number of carbonyl (C=O) groups is 2. The molecule has 0 unspecified atom stereocenters. The zero-order valence-electron chi connectivity index (χ0n) is 34.8. The Balaban J connectivity index is 1.11. The van der Waals surface area contributed by atoms with E-state index in [0.717, 1.165) is 12.0 Å². The third-order valence-electron chi connectivity index (χ3n) is 18.0. The van der Waals surface area contributed by atoms with Gasteiger partial charge in [0.2, 0.25) is 0 Å². The molecule has 9 N–H and O–H groups in total. The molecular formula is C43H68O15. The average Bonchev–Trinajstić information content (AvgIpc) is 3.18. The van der Waals surface area contributed by atoms with Crippen molar-refractivity contribution < 1.29 is 74.5 Å². The SMILES string of the molecule is COC(=O)[C@@]1(C)CC[C@]2(C(=O)O)CC[C@]3(C)C(=CC[C@@H]4[C@@]5(C)C[C@H](O)[C@H](O[C@@H]6OC[C@@H](O[C@@H]7C[C@H](CO)[C@@H](O)[C@H](O)[C@H]7O)[C@H](O)[C@H]6O)[C@@](C)(CO)[C@H]5CC[C@]43C)[C@H]2C1. The van der Waals surface area contributed by atoms with Crippen molar-refractivity contribution in [2.45, 2.75) is 160 Å². The third-order valence-corrected chi connectivity index (χ3v) is 18.0. The first-order valence-electron chi connectivity index (χ1n) is 21.4. The first kappa shape index (κ1) is 44.3. The quantitative estimate of drug-likeness (QED) is 0.0950. The maximum atomic E-state index is 13.2. The van der Waals surface area contributed by atoms with Gasteiger partial charge in [-0.1, -0.05) is 39.3 Å². The van der Waals surface area contributed by atoms with E-state index in [1.807, 2.05) is 13.8 Å². The van der Waals surface area contributed by atoms with Crippen LogP contribution in [0.25, 0.3) is 0 Å². The second-order valence-corrected chi connectivity index (χ2v) is 20.6. The van der Waals surface area contributed by atoms with Gasteiger partial charge in [-0.05, 0) is 105 Å². The van der Waals surface area contributed by atoms with E-state index in [1.165, 1.54) is 7.11 Å². The Kier molecular flexibility index (Phi) is 11.6. The van der Waals surface area contributed by atoms with Crippen molar-refractivity contribution in [2.24, 2.45) is 56.2 Å². The summed E-state index contributed by atoms with van der Waals surface area (Å²) in [5.74, 6) is -2.29. The summed E-state index contributed by atoms with van der Waals surface area (Å²) in [6.45, 7) is 9.53. The largest absolute Gasteiger partial charge is 0.481 e. The zero-order valence-corrected chi connectivity index (χ0v) is 34.8. The zero-order chi connectivity index (χ0) is 42.5. The van der Waals surface area contributed by atoms with Crippen LogP contribution in [0.5, 0.6) is 0 Å². The second-order valence-electron chi connectivity index (χ2n) is 20.6. The highest BCUT2D eigenvalue weighted by atomic mass is 16.7. The van der Waals surface area contributed by atoms with Crippen LogP contribution in [0.3, 0.4) is 0 Å². The lowest BCUT2D eigenvalue weighted by atomic mass is 9.33. The standard InChI is InChI=1S/C43H68O15/c1-38(37(54)55-6)11-13-43(36(52)53)14-12-41(4)22(23(43)16-38)7-8-28-39(2)17-24(46)34(40(3,20-45)27(39)9-10-42(28,41)5)58-35-33(51)31(49)26(19-56-35)57-25-15-21(18-44)29(47)32(50)30(25)48/h7,21,23-35,44-51H,8-20H2,1-6H3,(H,52,53)/t21-,23-,24+,25-,26-,27+,28-,29-,30+,31+,32+,33-,34+,35+,38+,39+,40+,41-,42-,43+/m1/s1. The molecule has 1 heterocycles. The molecule has 0 amide bonds. The monoisotopic (exact) mass is 824 g/mol. The molecule has 6 aliphatic carbocycles. The Morgan fingerprint density at radius 1 is 0.810 bits per heavy atom. The molecule has 7 rings (SSSR count). The van der Waals surface area contributed by atoms with Gasteiger partial charge < -0.3 is 64.9 Å². The lowest BCUT2D eigenvalue weighted by molar-refractivity contribution is -0.335. The fourth-order valence-electron chi connectivity index (χ4n) is 14.2. The number of fused-ring (bicyclic) bond motifs is 7. The Morgan fingerprint density at radius 2 is 1.48 bits per heavy atom. The van der Waals surface area contributed by atoms with Crippen molar-refractivity contribution in [1.82, 2.24) is 0 Å². The van der Waals surface area contributed by atoms with Crippen LogP contribution >= 0.6 is 0 Å². The number of carboxylic acid groups (broad SMARTS) is 1. The summed E-state index contributed by atoms with van der Waals surface area (Å²) in [6, 6.07) is 0. The normalized spacial score (nSPS) is 54.2. The number of aliphatic carboxylic acids is 1. The van der Waals surface area contributed by atoms with Crippen LogP contribution in [0, 0.1) is 56.2 Å². The van der Waals surface area contributed by atoms with Gasteiger partial charge in [-0.2, -0.15) is 0 Å². The van der Waals surface area contributed by atoms with Gasteiger partial charge in [-0.25, -0.2) is 0 Å². The van der Waals surface area contributed by atoms with Crippen LogP contribution in [0.1, 0.15) is 98.8 Å². The molecule has 0 bridgehead atoms. The predicted octanol–water partition coefficient (Wildman–Crippen LogP) is 1.28. The van der Waals surface area contributed by atoms with Gasteiger partial charge >= 0.3 is 11.9 Å². The van der Waals surface area contributed by atoms with Crippen molar-refractivity contribution in [3.63, 3.8) is 0 Å². The maximum Gasteiger partial charge on any atom is 0.311 e. The number of methoxy groups -OCH3 is 1. The van der Waals surface area contributed by atoms with Crippen LogP contribution < -0.4 is 0 Å². The number of rotatable bonds is 8. The third kappa shape index (κ3) is 6.30. The van der Waals surface area contributed by atoms with Crippen LogP contribution in [0.2, 0.25) is 0 Å². The summed E-state index contributed by atoms with van der Waals surface area (Å²) in [5, 5.41) is 97.3. The molecule has 6 fully saturated rings. The Labute approximate surface area is 340 Å². The van der Waals surface area contributed by atoms with Crippen molar-refractivity contribution >= 4 is 11.9 Å². The van der Waals surface area contributed by atoms with Crippen molar-refractivity contribution in [2.75, 3.05) is 26.9 Å². The molecule has 1 aliphatic heterocycles. The number of hydrogen-bond donors (Lipinski definition) is 9. The summed E-state index contributed by atoms with van der Waals surface area (Å²) in [6.07, 6.45) is -6.19. The predicted molar refractivity (Wildman–Crippen MR) is 204 cm³/mol. The fraction of sp³-hybridized carbons (Fsp3) is 0.907. The van der Waals surface area contributed by atoms with Crippen molar-refractivity contribution in [3.05, 3.63) is 11.6 Å². The molecule has 7 aliphatic rings. The number of ether oxygens (including phenoxy) is 4. The molecule has 0 radical (unpaired) electrons. The Morgan fingerprint density at radius 3 is 2.12 bits per heavy atom. The fourth-order valence-corrected chi connectivity index (χ4v) is 14.2. The highest BCUT2D eigenvalue weighted by Crippen LogP contribution is 2.76. The van der Waals surface area contributed by atoms with Crippen molar-refractivity contribution in [1.29, 1.82) is 0 Å². The second kappa shape index (κ2) is 15.2. The smallest absolute Gasteiger partial charge is 0.311 e. The van der Waals surface area contributed by atoms with Gasteiger partial charge in [0, 0.05) is 17.9 Å². The summed E-state index contributed by atoms with van der Waals surface area (Å²) in [4.78, 5) is 26.3. The highest BCUT2D eigenvalue weighted by Gasteiger charge is 2.71. The lowest BCUT2D eigenvalue weighted by Gasteiger charge is -2.71. The number of aliphatic hydroxyl groups excluding tert-OH is 8. The molecule has 15 nitrogen and oxygen atoms in total. The van der Waals surface area contributed by atoms with E-state index in [2.05, 4.69) is 26.8 Å². The molecular weight excluding hydrogens is 756 g/mol. The molecule has 0 aromatic carbocycles. The molecule has 15 heteroatoms. The lowest BCUT2D eigenvalue weighted by Crippen LogP contribution is -2.69. The molecule has 5 saturated carbocycles. The number of carbonyl (C=O) groups excluding carboxylic acids is 1. The Hall–Kier alpha value is -1.76. The highest BCUT2D eigenvalue weighted by molar-refractivity contribution is 5.80. The van der Waals surface area contributed by atoms with E-state index >= 15 is 0 Å². The maximum absolute atomic E-state index is 13.2. The molecule has 20 atom stereocenters. The van der Waals surface area contributed by atoms with Gasteiger partial charge in [0.15, 0.2) is 6.29 Å². The van der Waals surface area contributed by atoms with Crippen LogP contribution in [0.15, 0.2) is 11.6 Å². The van der Waals surface area contributed by atoms with E-state index in [-0.39, 0.29) is 54.2 Å². The van der Waals surface area contributed by atoms with E-state index in [0.29, 0.717) is 51.4 Å². The first-order valence-corrected chi connectivity index (χ1v) is 21.4. The minimum atomic E-state index is -1.64. The molecule has 330 valence electrons. The molecule has 0 aromatic rings. The number of carboxylic acids is 1. The van der Waals surface area contributed by atoms with Gasteiger partial charge in [0.25, 0.3) is 0 Å². The van der Waals surface area contributed by atoms with Crippen LogP contribution in [-0.2, 0) is 28.5 Å². The number of allylic oxidation sites excluding steroid dienone is 2. The summed E-state index contributed by atoms with van der Waals surface area (Å²) in [7, 11) is 1.38. The minimum absolute atomic E-state index is 0.00671.